The average molecular weight is 892 g/mol. The monoisotopic (exact) mass is 891 g/mol. The Morgan fingerprint density at radius 1 is 0.300 bits per heavy atom. The summed E-state index contributed by atoms with van der Waals surface area (Å²) in [6, 6.07) is 86.4. The number of nitrogens with zero attached hydrogens (tertiary/aromatic N) is 3. The fraction of sp³-hybridized carbons (Fsp3) is 0.0448. The summed E-state index contributed by atoms with van der Waals surface area (Å²) in [4.78, 5) is 10.8. The summed E-state index contributed by atoms with van der Waals surface area (Å²) in [5.41, 5.74) is 17.9. The first-order valence-electron chi connectivity index (χ1n) is 24.2. The maximum Gasteiger partial charge on any atom is 0.160 e. The van der Waals surface area contributed by atoms with E-state index in [1.807, 2.05) is 0 Å². The zero-order valence-corrected chi connectivity index (χ0v) is 38.9. The molecule has 0 aliphatic heterocycles. The van der Waals surface area contributed by atoms with Crippen molar-refractivity contribution in [1.82, 2.24) is 14.5 Å². The molecular weight excluding hydrogens is 847 g/mol. The minimum atomic E-state index is -0.149. The summed E-state index contributed by atoms with van der Waals surface area (Å²) in [6.07, 6.45) is 0. The average Bonchev–Trinajstić information content (AvgIpc) is 3.88. The Bertz CT molecular complexity index is 4220. The molecule has 0 spiro atoms. The minimum Gasteiger partial charge on any atom is -0.309 e. The zero-order chi connectivity index (χ0) is 46.5. The summed E-state index contributed by atoms with van der Waals surface area (Å²) in [7, 11) is 0. The van der Waals surface area contributed by atoms with Gasteiger partial charge in [-0.2, -0.15) is 0 Å². The summed E-state index contributed by atoms with van der Waals surface area (Å²) < 4.78 is 2.45. The quantitative estimate of drug-likeness (QED) is 0.156. The highest BCUT2D eigenvalue weighted by molar-refractivity contribution is 6.25. The van der Waals surface area contributed by atoms with Crippen molar-refractivity contribution in [1.29, 1.82) is 0 Å². The van der Waals surface area contributed by atoms with Gasteiger partial charge in [-0.05, 0) is 125 Å². The Balaban J connectivity index is 1.04. The predicted molar refractivity (Wildman–Crippen MR) is 294 cm³/mol. The number of benzene rings is 11. The first-order valence-corrected chi connectivity index (χ1v) is 24.2. The van der Waals surface area contributed by atoms with E-state index >= 15 is 0 Å². The standard InChI is InChI=1S/C67H45N3/c1-67(2)60-27-15-13-25-55(60)56-33-31-46(39-61(56)67)62-41-63(69-66(68-62)43-19-7-4-8-20-43)48-35-47(44-29-32-54-52-23-10-9-21-50(52)51-22-11-12-24-53(51)59(54)38-44)36-49(37-48)70-64-28-16-14-26-57(64)58-34-30-45(40-65(58)70)42-17-5-3-6-18-42/h3-41H,1-2H3. The molecule has 0 radical (unpaired) electrons. The molecule has 70 heavy (non-hydrogen) atoms. The summed E-state index contributed by atoms with van der Waals surface area (Å²) >= 11 is 0. The molecule has 0 atom stereocenters. The molecule has 0 unspecified atom stereocenters. The number of hydrogen-bond acceptors (Lipinski definition) is 2. The van der Waals surface area contributed by atoms with Gasteiger partial charge in [0.2, 0.25) is 0 Å². The lowest BCUT2D eigenvalue weighted by Gasteiger charge is -2.22. The molecule has 0 fully saturated rings. The van der Waals surface area contributed by atoms with Crippen LogP contribution in [0.5, 0.6) is 0 Å². The van der Waals surface area contributed by atoms with Crippen LogP contribution in [0, 0.1) is 0 Å². The van der Waals surface area contributed by atoms with Crippen molar-refractivity contribution in [2.24, 2.45) is 0 Å². The van der Waals surface area contributed by atoms with E-state index in [4.69, 9.17) is 9.97 Å². The van der Waals surface area contributed by atoms with Gasteiger partial charge in [-0.1, -0.05) is 202 Å². The third kappa shape index (κ3) is 6.28. The molecule has 13 aromatic rings. The molecular formula is C67H45N3. The highest BCUT2D eigenvalue weighted by atomic mass is 15.0. The number of aromatic nitrogens is 3. The van der Waals surface area contributed by atoms with Crippen LogP contribution in [0.25, 0.3) is 127 Å². The molecule has 3 nitrogen and oxygen atoms in total. The van der Waals surface area contributed by atoms with Gasteiger partial charge < -0.3 is 4.57 Å². The van der Waals surface area contributed by atoms with Crippen molar-refractivity contribution in [2.75, 3.05) is 0 Å². The molecule has 2 heterocycles. The van der Waals surface area contributed by atoms with Crippen LogP contribution in [0.4, 0.5) is 0 Å². The van der Waals surface area contributed by atoms with Crippen LogP contribution in [-0.4, -0.2) is 14.5 Å². The van der Waals surface area contributed by atoms with Gasteiger partial charge in [0.05, 0.1) is 22.4 Å². The van der Waals surface area contributed by atoms with Crippen LogP contribution in [-0.2, 0) is 5.41 Å². The Morgan fingerprint density at radius 2 is 0.814 bits per heavy atom. The van der Waals surface area contributed by atoms with Gasteiger partial charge in [0.15, 0.2) is 5.82 Å². The molecule has 3 heteroatoms. The highest BCUT2D eigenvalue weighted by Gasteiger charge is 2.35. The molecule has 0 amide bonds. The van der Waals surface area contributed by atoms with E-state index < -0.39 is 0 Å². The summed E-state index contributed by atoms with van der Waals surface area (Å²) in [5, 5.41) is 9.95. The maximum atomic E-state index is 5.47. The normalized spacial score (nSPS) is 12.8. The van der Waals surface area contributed by atoms with Crippen LogP contribution in [0.2, 0.25) is 0 Å². The maximum absolute atomic E-state index is 5.47. The van der Waals surface area contributed by atoms with E-state index in [1.165, 1.54) is 76.5 Å². The molecule has 0 saturated carbocycles. The molecule has 0 bridgehead atoms. The second-order valence-corrected chi connectivity index (χ2v) is 19.3. The fourth-order valence-electron chi connectivity index (χ4n) is 11.5. The van der Waals surface area contributed by atoms with E-state index in [1.54, 1.807) is 0 Å². The molecule has 0 saturated heterocycles. The van der Waals surface area contributed by atoms with Crippen molar-refractivity contribution >= 4 is 54.1 Å². The van der Waals surface area contributed by atoms with Crippen molar-refractivity contribution in [3.8, 4) is 73.0 Å². The number of hydrogen-bond donors (Lipinski definition) is 0. The third-order valence-electron chi connectivity index (χ3n) is 15.0. The molecule has 0 N–H and O–H groups in total. The van der Waals surface area contributed by atoms with Crippen molar-refractivity contribution in [2.45, 2.75) is 19.3 Å². The Labute approximate surface area is 406 Å². The predicted octanol–water partition coefficient (Wildman–Crippen LogP) is 17.7. The van der Waals surface area contributed by atoms with E-state index in [2.05, 4.69) is 255 Å². The lowest BCUT2D eigenvalue weighted by Crippen LogP contribution is -2.14. The van der Waals surface area contributed by atoms with Crippen LogP contribution in [0.15, 0.2) is 237 Å². The van der Waals surface area contributed by atoms with Crippen molar-refractivity contribution < 1.29 is 0 Å². The van der Waals surface area contributed by atoms with Crippen LogP contribution in [0.3, 0.4) is 0 Å². The Kier molecular flexibility index (Phi) is 8.93. The smallest absolute Gasteiger partial charge is 0.160 e. The van der Waals surface area contributed by atoms with Crippen LogP contribution >= 0.6 is 0 Å². The van der Waals surface area contributed by atoms with Crippen molar-refractivity contribution in [3.05, 3.63) is 248 Å². The Hall–Kier alpha value is -8.92. The fourth-order valence-corrected chi connectivity index (χ4v) is 11.5. The summed E-state index contributed by atoms with van der Waals surface area (Å²) in [6.45, 7) is 4.68. The molecule has 328 valence electrons. The molecule has 2 aromatic heterocycles. The van der Waals surface area contributed by atoms with Crippen LogP contribution < -0.4 is 0 Å². The third-order valence-corrected chi connectivity index (χ3v) is 15.0. The van der Waals surface area contributed by atoms with Gasteiger partial charge in [-0.25, -0.2) is 9.97 Å². The minimum absolute atomic E-state index is 0.149. The first-order chi connectivity index (χ1) is 34.4. The van der Waals surface area contributed by atoms with Crippen molar-refractivity contribution in [3.63, 3.8) is 0 Å². The number of para-hydroxylation sites is 1. The van der Waals surface area contributed by atoms with Crippen LogP contribution in [0.1, 0.15) is 25.0 Å². The van der Waals surface area contributed by atoms with Gasteiger partial charge in [0, 0.05) is 38.6 Å². The zero-order valence-electron chi connectivity index (χ0n) is 38.9. The number of fused-ring (bicyclic) bond motifs is 12. The SMILES string of the molecule is CC1(C)c2ccccc2-c2ccc(-c3cc(-c4cc(-c5ccc6c7ccccc7c7ccccc7c6c5)cc(-n5c6ccccc6c6ccc(-c7ccccc7)cc65)c4)nc(-c4ccccc4)n3)cc21. The molecule has 14 rings (SSSR count). The highest BCUT2D eigenvalue weighted by Crippen LogP contribution is 2.50. The van der Waals surface area contributed by atoms with E-state index in [0.717, 1.165) is 55.9 Å². The largest absolute Gasteiger partial charge is 0.309 e. The van der Waals surface area contributed by atoms with Gasteiger partial charge in [0.1, 0.15) is 0 Å². The molecule has 1 aliphatic carbocycles. The van der Waals surface area contributed by atoms with E-state index in [0.29, 0.717) is 5.82 Å². The van der Waals surface area contributed by atoms with E-state index in [9.17, 15) is 0 Å². The number of rotatable bonds is 6. The van der Waals surface area contributed by atoms with Gasteiger partial charge in [-0.15, -0.1) is 0 Å². The lowest BCUT2D eigenvalue weighted by atomic mass is 9.82. The lowest BCUT2D eigenvalue weighted by molar-refractivity contribution is 0.660. The second kappa shape index (κ2) is 15.6. The van der Waals surface area contributed by atoms with E-state index in [-0.39, 0.29) is 5.41 Å². The van der Waals surface area contributed by atoms with Gasteiger partial charge in [-0.3, -0.25) is 0 Å². The summed E-state index contributed by atoms with van der Waals surface area (Å²) in [5.74, 6) is 0.691. The first kappa shape index (κ1) is 40.2. The molecule has 11 aromatic carbocycles. The Morgan fingerprint density at radius 3 is 1.54 bits per heavy atom. The van der Waals surface area contributed by atoms with Gasteiger partial charge >= 0.3 is 0 Å². The second-order valence-electron chi connectivity index (χ2n) is 19.3. The topological polar surface area (TPSA) is 30.7 Å². The molecule has 1 aliphatic rings. The van der Waals surface area contributed by atoms with Gasteiger partial charge in [0.25, 0.3) is 0 Å².